The standard InChI is InChI=1S/C27H21N3O2S2/c1-2-32-22-15-13-19(14-16-22)17-24-25(31)30(21-11-7-4-8-12-21)27(34-24)29-26-28-23(18-33-26)20-9-5-3-6-10-20/h3-18H,2H2,1H3/b24-17-,29-27+. The van der Waals surface area contributed by atoms with Gasteiger partial charge in [0.2, 0.25) is 5.13 Å². The van der Waals surface area contributed by atoms with E-state index in [4.69, 9.17) is 9.73 Å². The van der Waals surface area contributed by atoms with Crippen LogP contribution in [0.15, 0.2) is 100 Å². The first-order valence-corrected chi connectivity index (χ1v) is 12.5. The maximum atomic E-state index is 13.4. The number of aliphatic imine (C=N–C) groups is 1. The van der Waals surface area contributed by atoms with E-state index in [1.807, 2.05) is 103 Å². The molecule has 34 heavy (non-hydrogen) atoms. The molecule has 0 saturated carbocycles. The van der Waals surface area contributed by atoms with E-state index < -0.39 is 0 Å². The molecular formula is C27H21N3O2S2. The number of amidine groups is 1. The van der Waals surface area contributed by atoms with Crippen molar-refractivity contribution in [2.24, 2.45) is 4.99 Å². The lowest BCUT2D eigenvalue weighted by molar-refractivity contribution is -0.113. The van der Waals surface area contributed by atoms with Crippen LogP contribution in [0.1, 0.15) is 12.5 Å². The van der Waals surface area contributed by atoms with E-state index in [1.54, 1.807) is 4.90 Å². The van der Waals surface area contributed by atoms with Crippen molar-refractivity contribution in [1.29, 1.82) is 0 Å². The van der Waals surface area contributed by atoms with Crippen molar-refractivity contribution in [3.05, 3.63) is 101 Å². The maximum absolute atomic E-state index is 13.4. The largest absolute Gasteiger partial charge is 0.494 e. The van der Waals surface area contributed by atoms with Crippen LogP contribution in [-0.4, -0.2) is 22.7 Å². The Morgan fingerprint density at radius 2 is 1.68 bits per heavy atom. The summed E-state index contributed by atoms with van der Waals surface area (Å²) in [5.41, 5.74) is 3.61. The van der Waals surface area contributed by atoms with E-state index in [1.165, 1.54) is 23.1 Å². The molecule has 0 bridgehead atoms. The van der Waals surface area contributed by atoms with Gasteiger partial charge in [-0.2, -0.15) is 4.99 Å². The highest BCUT2D eigenvalue weighted by molar-refractivity contribution is 8.19. The molecule has 1 aliphatic rings. The van der Waals surface area contributed by atoms with Gasteiger partial charge in [0.15, 0.2) is 5.17 Å². The van der Waals surface area contributed by atoms with Gasteiger partial charge in [-0.1, -0.05) is 60.7 Å². The number of thiazole rings is 1. The number of carbonyl (C=O) groups is 1. The maximum Gasteiger partial charge on any atom is 0.271 e. The summed E-state index contributed by atoms with van der Waals surface area (Å²) in [7, 11) is 0. The summed E-state index contributed by atoms with van der Waals surface area (Å²) in [6.45, 7) is 2.57. The molecule has 5 nitrogen and oxygen atoms in total. The SMILES string of the molecule is CCOc1ccc(/C=C2\S/C(=N/c3nc(-c4ccccc4)cs3)N(c3ccccc3)C2=O)cc1. The van der Waals surface area contributed by atoms with Gasteiger partial charge in [-0.3, -0.25) is 9.69 Å². The predicted molar refractivity (Wildman–Crippen MR) is 142 cm³/mol. The first-order chi connectivity index (χ1) is 16.7. The Hall–Kier alpha value is -3.68. The van der Waals surface area contributed by atoms with E-state index in [2.05, 4.69) is 4.98 Å². The summed E-state index contributed by atoms with van der Waals surface area (Å²) in [5.74, 6) is 0.699. The fourth-order valence-electron chi connectivity index (χ4n) is 3.47. The van der Waals surface area contributed by atoms with E-state index >= 15 is 0 Å². The first-order valence-electron chi connectivity index (χ1n) is 10.8. The lowest BCUT2D eigenvalue weighted by atomic mass is 10.2. The van der Waals surface area contributed by atoms with Crippen molar-refractivity contribution in [2.75, 3.05) is 11.5 Å². The Kier molecular flexibility index (Phi) is 6.56. The first kappa shape index (κ1) is 22.1. The molecule has 4 aromatic rings. The predicted octanol–water partition coefficient (Wildman–Crippen LogP) is 7.02. The van der Waals surface area contributed by atoms with Gasteiger partial charge in [-0.05, 0) is 54.6 Å². The molecule has 0 radical (unpaired) electrons. The molecule has 1 amide bonds. The number of amides is 1. The highest BCUT2D eigenvalue weighted by Crippen LogP contribution is 2.38. The smallest absolute Gasteiger partial charge is 0.271 e. The van der Waals surface area contributed by atoms with Gasteiger partial charge in [0.1, 0.15) is 5.75 Å². The van der Waals surface area contributed by atoms with E-state index in [9.17, 15) is 4.79 Å². The molecule has 1 aromatic heterocycles. The summed E-state index contributed by atoms with van der Waals surface area (Å²) in [6.07, 6.45) is 1.89. The number of hydrogen-bond donors (Lipinski definition) is 0. The minimum Gasteiger partial charge on any atom is -0.494 e. The van der Waals surface area contributed by atoms with Crippen molar-refractivity contribution in [3.63, 3.8) is 0 Å². The molecule has 0 spiro atoms. The van der Waals surface area contributed by atoms with Gasteiger partial charge >= 0.3 is 0 Å². The van der Waals surface area contributed by atoms with Crippen molar-refractivity contribution in [3.8, 4) is 17.0 Å². The third-order valence-corrected chi connectivity index (χ3v) is 6.77. The molecule has 1 saturated heterocycles. The van der Waals surface area contributed by atoms with Crippen LogP contribution in [0, 0.1) is 0 Å². The third kappa shape index (κ3) is 4.81. The molecule has 3 aromatic carbocycles. The number of nitrogens with zero attached hydrogens (tertiary/aromatic N) is 3. The fraction of sp³-hybridized carbons (Fsp3) is 0.0741. The van der Waals surface area contributed by atoms with Crippen LogP contribution in [-0.2, 0) is 4.79 Å². The minimum atomic E-state index is -0.108. The second kappa shape index (κ2) is 10.1. The van der Waals surface area contributed by atoms with Gasteiger partial charge in [-0.25, -0.2) is 4.98 Å². The second-order valence-corrected chi connectivity index (χ2v) is 9.21. The van der Waals surface area contributed by atoms with E-state index in [0.29, 0.717) is 21.8 Å². The summed E-state index contributed by atoms with van der Waals surface area (Å²) in [6, 6.07) is 27.3. The summed E-state index contributed by atoms with van der Waals surface area (Å²) >= 11 is 2.81. The molecule has 5 rings (SSSR count). The topological polar surface area (TPSA) is 54.8 Å². The zero-order valence-corrected chi connectivity index (χ0v) is 20.1. The zero-order valence-electron chi connectivity index (χ0n) is 18.4. The Morgan fingerprint density at radius 1 is 0.971 bits per heavy atom. The number of thioether (sulfide) groups is 1. The number of anilines is 1. The van der Waals surface area contributed by atoms with Crippen molar-refractivity contribution in [2.45, 2.75) is 6.92 Å². The second-order valence-electron chi connectivity index (χ2n) is 7.36. The number of ether oxygens (including phenoxy) is 1. The van der Waals surface area contributed by atoms with Gasteiger partial charge in [0.25, 0.3) is 5.91 Å². The molecule has 7 heteroatoms. The van der Waals surface area contributed by atoms with Gasteiger partial charge < -0.3 is 4.74 Å². The quantitative estimate of drug-likeness (QED) is 0.277. The van der Waals surface area contributed by atoms with E-state index in [0.717, 1.165) is 28.3 Å². The Bertz CT molecular complexity index is 1350. The fourth-order valence-corrected chi connectivity index (χ4v) is 5.21. The van der Waals surface area contributed by atoms with Crippen LogP contribution in [0.2, 0.25) is 0 Å². The van der Waals surface area contributed by atoms with E-state index in [-0.39, 0.29) is 5.91 Å². The van der Waals surface area contributed by atoms with Crippen LogP contribution in [0.25, 0.3) is 17.3 Å². The number of hydrogen-bond acceptors (Lipinski definition) is 6. The molecule has 168 valence electrons. The average Bonchev–Trinajstić information content (AvgIpc) is 3.46. The third-order valence-electron chi connectivity index (χ3n) is 5.06. The number of carbonyl (C=O) groups excluding carboxylic acids is 1. The van der Waals surface area contributed by atoms with Crippen molar-refractivity contribution < 1.29 is 9.53 Å². The Balaban J connectivity index is 1.49. The van der Waals surface area contributed by atoms with Crippen LogP contribution in [0.4, 0.5) is 10.8 Å². The van der Waals surface area contributed by atoms with Gasteiger partial charge in [-0.15, -0.1) is 11.3 Å². The highest BCUT2D eigenvalue weighted by atomic mass is 32.2. The zero-order chi connectivity index (χ0) is 23.3. The molecule has 0 aliphatic carbocycles. The summed E-state index contributed by atoms with van der Waals surface area (Å²) in [5, 5.41) is 3.18. The number of rotatable bonds is 6. The molecule has 0 unspecified atom stereocenters. The molecular weight excluding hydrogens is 462 g/mol. The van der Waals surface area contributed by atoms with Crippen molar-refractivity contribution >= 4 is 51.1 Å². The monoisotopic (exact) mass is 483 g/mol. The van der Waals surface area contributed by atoms with Crippen molar-refractivity contribution in [1.82, 2.24) is 4.98 Å². The highest BCUT2D eigenvalue weighted by Gasteiger charge is 2.35. The normalized spacial score (nSPS) is 15.9. The van der Waals surface area contributed by atoms with Gasteiger partial charge in [0, 0.05) is 10.9 Å². The summed E-state index contributed by atoms with van der Waals surface area (Å²) in [4.78, 5) is 25.1. The minimum absolute atomic E-state index is 0.108. The Labute approximate surface area is 206 Å². The number of benzene rings is 3. The lowest BCUT2D eigenvalue weighted by Gasteiger charge is -2.14. The molecule has 2 heterocycles. The van der Waals surface area contributed by atoms with Crippen LogP contribution < -0.4 is 9.64 Å². The number of aromatic nitrogens is 1. The number of para-hydroxylation sites is 1. The molecule has 1 fully saturated rings. The van der Waals surface area contributed by atoms with Crippen LogP contribution in [0.3, 0.4) is 0 Å². The molecule has 1 aliphatic heterocycles. The molecule has 0 N–H and O–H groups in total. The van der Waals surface area contributed by atoms with Crippen LogP contribution >= 0.6 is 23.1 Å². The molecule has 0 atom stereocenters. The Morgan fingerprint density at radius 3 is 2.38 bits per heavy atom. The summed E-state index contributed by atoms with van der Waals surface area (Å²) < 4.78 is 5.52. The lowest BCUT2D eigenvalue weighted by Crippen LogP contribution is -2.28. The average molecular weight is 484 g/mol. The van der Waals surface area contributed by atoms with Gasteiger partial charge in [0.05, 0.1) is 22.9 Å². The van der Waals surface area contributed by atoms with Crippen LogP contribution in [0.5, 0.6) is 5.75 Å².